The van der Waals surface area contributed by atoms with Crippen molar-refractivity contribution in [2.75, 3.05) is 5.32 Å². The van der Waals surface area contributed by atoms with E-state index in [0.717, 1.165) is 4.47 Å². The lowest BCUT2D eigenvalue weighted by atomic mass is 10.1. The highest BCUT2D eigenvalue weighted by Crippen LogP contribution is 2.59. The van der Waals surface area contributed by atoms with Gasteiger partial charge in [0, 0.05) is 10.7 Å². The van der Waals surface area contributed by atoms with Gasteiger partial charge in [0.2, 0.25) is 5.91 Å². The zero-order valence-electron chi connectivity index (χ0n) is 11.7. The fourth-order valence-electron chi connectivity index (χ4n) is 2.50. The molecule has 0 aromatic carbocycles. The maximum absolute atomic E-state index is 12.3. The van der Waals surface area contributed by atoms with Gasteiger partial charge in [-0.05, 0) is 53.2 Å². The van der Waals surface area contributed by atoms with Crippen molar-refractivity contribution in [3.05, 3.63) is 34.5 Å². The van der Waals surface area contributed by atoms with Crippen molar-refractivity contribution in [2.24, 2.45) is 17.3 Å². The number of carbonyl (C=O) groups is 1. The predicted octanol–water partition coefficient (Wildman–Crippen LogP) is 4.02. The van der Waals surface area contributed by atoms with Crippen molar-refractivity contribution in [1.82, 2.24) is 4.98 Å². The van der Waals surface area contributed by atoms with Gasteiger partial charge < -0.3 is 5.32 Å². The van der Waals surface area contributed by atoms with Crippen LogP contribution in [0.1, 0.15) is 27.7 Å². The van der Waals surface area contributed by atoms with E-state index in [0.29, 0.717) is 11.7 Å². The van der Waals surface area contributed by atoms with Crippen molar-refractivity contribution in [3.8, 4) is 0 Å². The zero-order valence-corrected chi connectivity index (χ0v) is 13.3. The van der Waals surface area contributed by atoms with Gasteiger partial charge in [-0.15, -0.1) is 0 Å². The van der Waals surface area contributed by atoms with Gasteiger partial charge in [0.05, 0.1) is 5.92 Å². The highest BCUT2D eigenvalue weighted by atomic mass is 79.9. The Kier molecular flexibility index (Phi) is 3.81. The van der Waals surface area contributed by atoms with Gasteiger partial charge >= 0.3 is 0 Å². The summed E-state index contributed by atoms with van der Waals surface area (Å²) in [5, 5.41) is 2.89. The Balaban J connectivity index is 2.05. The van der Waals surface area contributed by atoms with Crippen LogP contribution in [0.2, 0.25) is 0 Å². The van der Waals surface area contributed by atoms with Crippen molar-refractivity contribution in [1.29, 1.82) is 0 Å². The quantitative estimate of drug-likeness (QED) is 0.854. The maximum atomic E-state index is 12.3. The van der Waals surface area contributed by atoms with Crippen molar-refractivity contribution in [3.63, 3.8) is 0 Å². The first-order chi connectivity index (χ1) is 8.82. The Labute approximate surface area is 122 Å². The third kappa shape index (κ3) is 3.06. The molecule has 1 aliphatic carbocycles. The maximum Gasteiger partial charge on any atom is 0.229 e. The Morgan fingerprint density at radius 1 is 1.42 bits per heavy atom. The molecule has 1 saturated carbocycles. The molecule has 2 atom stereocenters. The number of nitrogens with zero attached hydrogens (tertiary/aromatic N) is 1. The minimum absolute atomic E-state index is 0.0350. The summed E-state index contributed by atoms with van der Waals surface area (Å²) < 4.78 is 0.902. The molecular weight excluding hydrogens is 304 g/mol. The van der Waals surface area contributed by atoms with Crippen LogP contribution < -0.4 is 5.32 Å². The van der Waals surface area contributed by atoms with Crippen molar-refractivity contribution in [2.45, 2.75) is 27.7 Å². The van der Waals surface area contributed by atoms with Gasteiger partial charge in [-0.25, -0.2) is 4.98 Å². The molecule has 0 bridgehead atoms. The summed E-state index contributed by atoms with van der Waals surface area (Å²) in [6.45, 7) is 8.41. The van der Waals surface area contributed by atoms with Crippen LogP contribution >= 0.6 is 15.9 Å². The van der Waals surface area contributed by atoms with E-state index in [9.17, 15) is 4.79 Å². The Morgan fingerprint density at radius 3 is 2.63 bits per heavy atom. The average molecular weight is 323 g/mol. The molecule has 1 heterocycles. The molecule has 0 radical (unpaired) electrons. The smallest absolute Gasteiger partial charge is 0.229 e. The number of aromatic nitrogens is 1. The number of amides is 1. The lowest BCUT2D eigenvalue weighted by Gasteiger charge is -2.05. The zero-order chi connectivity index (χ0) is 14.2. The van der Waals surface area contributed by atoms with E-state index in [4.69, 9.17) is 0 Å². The van der Waals surface area contributed by atoms with Gasteiger partial charge in [-0.2, -0.15) is 0 Å². The number of carbonyl (C=O) groups excluding carboxylic acids is 1. The van der Waals surface area contributed by atoms with Gasteiger partial charge in [-0.3, -0.25) is 4.79 Å². The number of rotatable bonds is 3. The Hall–Kier alpha value is -1.16. The normalized spacial score (nSPS) is 23.6. The first-order valence-electron chi connectivity index (χ1n) is 6.40. The van der Waals surface area contributed by atoms with Crippen LogP contribution in [-0.2, 0) is 4.79 Å². The van der Waals surface area contributed by atoms with E-state index in [1.807, 2.05) is 6.07 Å². The molecule has 19 heavy (non-hydrogen) atoms. The van der Waals surface area contributed by atoms with E-state index in [1.165, 1.54) is 5.57 Å². The number of hydrogen-bond acceptors (Lipinski definition) is 2. The summed E-state index contributed by atoms with van der Waals surface area (Å²) in [7, 11) is 0. The summed E-state index contributed by atoms with van der Waals surface area (Å²) in [6.07, 6.45) is 3.88. The molecule has 1 aliphatic rings. The average Bonchev–Trinajstić information content (AvgIpc) is 2.83. The number of halogens is 1. The van der Waals surface area contributed by atoms with Gasteiger partial charge in [0.15, 0.2) is 0 Å². The molecule has 0 aliphatic heterocycles. The molecular formula is C15H19BrN2O. The fourth-order valence-corrected chi connectivity index (χ4v) is 2.74. The largest absolute Gasteiger partial charge is 0.310 e. The number of allylic oxidation sites excluding steroid dienone is 2. The summed E-state index contributed by atoms with van der Waals surface area (Å²) in [5.74, 6) is 1.02. The minimum Gasteiger partial charge on any atom is -0.310 e. The van der Waals surface area contributed by atoms with Crippen LogP contribution in [0.5, 0.6) is 0 Å². The summed E-state index contributed by atoms with van der Waals surface area (Å²) in [6, 6.07) is 3.67. The number of anilines is 1. The molecule has 1 fully saturated rings. The first kappa shape index (κ1) is 14.3. The van der Waals surface area contributed by atoms with Crippen molar-refractivity contribution < 1.29 is 4.79 Å². The molecule has 2 rings (SSSR count). The molecule has 0 spiro atoms. The lowest BCUT2D eigenvalue weighted by Crippen LogP contribution is -2.17. The van der Waals surface area contributed by atoms with Crippen LogP contribution in [-0.4, -0.2) is 10.9 Å². The van der Waals surface area contributed by atoms with E-state index in [-0.39, 0.29) is 17.2 Å². The molecule has 1 N–H and O–H groups in total. The topological polar surface area (TPSA) is 42.0 Å². The van der Waals surface area contributed by atoms with Crippen LogP contribution in [0.3, 0.4) is 0 Å². The Bertz CT molecular complexity index is 515. The second-order valence-electron chi connectivity index (χ2n) is 5.92. The van der Waals surface area contributed by atoms with E-state index >= 15 is 0 Å². The third-order valence-electron chi connectivity index (χ3n) is 3.68. The predicted molar refractivity (Wildman–Crippen MR) is 80.8 cm³/mol. The van der Waals surface area contributed by atoms with Crippen LogP contribution in [0, 0.1) is 17.3 Å². The molecule has 1 amide bonds. The molecule has 1 aromatic heterocycles. The highest BCUT2D eigenvalue weighted by molar-refractivity contribution is 9.10. The summed E-state index contributed by atoms with van der Waals surface area (Å²) in [5.41, 5.74) is 1.30. The van der Waals surface area contributed by atoms with E-state index < -0.39 is 0 Å². The molecule has 0 unspecified atom stereocenters. The van der Waals surface area contributed by atoms with E-state index in [2.05, 4.69) is 60.0 Å². The molecule has 102 valence electrons. The minimum atomic E-state index is 0.0350. The van der Waals surface area contributed by atoms with Crippen molar-refractivity contribution >= 4 is 27.7 Å². The number of nitrogens with one attached hydrogen (secondary N) is 1. The summed E-state index contributed by atoms with van der Waals surface area (Å²) in [4.78, 5) is 16.4. The second kappa shape index (κ2) is 5.08. The van der Waals surface area contributed by atoms with Crippen LogP contribution in [0.25, 0.3) is 0 Å². The Morgan fingerprint density at radius 2 is 2.11 bits per heavy atom. The van der Waals surface area contributed by atoms with Crippen LogP contribution in [0.15, 0.2) is 34.5 Å². The molecule has 0 saturated heterocycles. The van der Waals surface area contributed by atoms with Gasteiger partial charge in [-0.1, -0.05) is 25.5 Å². The highest BCUT2D eigenvalue weighted by Gasteiger charge is 2.60. The van der Waals surface area contributed by atoms with E-state index in [1.54, 1.807) is 12.3 Å². The van der Waals surface area contributed by atoms with Gasteiger partial charge in [0.1, 0.15) is 5.82 Å². The first-order valence-corrected chi connectivity index (χ1v) is 7.19. The SMILES string of the molecule is CC(C)=C[C@@H]1[C@@H](C(=O)Nc2ccc(Br)cn2)C1(C)C. The summed E-state index contributed by atoms with van der Waals surface area (Å²) >= 11 is 3.32. The van der Waals surface area contributed by atoms with Gasteiger partial charge in [0.25, 0.3) is 0 Å². The van der Waals surface area contributed by atoms with Crippen LogP contribution in [0.4, 0.5) is 5.82 Å². The third-order valence-corrected chi connectivity index (χ3v) is 4.15. The number of hydrogen-bond donors (Lipinski definition) is 1. The lowest BCUT2D eigenvalue weighted by molar-refractivity contribution is -0.118. The monoisotopic (exact) mass is 322 g/mol. The molecule has 3 nitrogen and oxygen atoms in total. The number of pyridine rings is 1. The fraction of sp³-hybridized carbons (Fsp3) is 0.467. The molecule has 4 heteroatoms. The standard InChI is InChI=1S/C15H19BrN2O/c1-9(2)7-11-13(15(11,3)4)14(19)18-12-6-5-10(16)8-17-12/h5-8,11,13H,1-4H3,(H,17,18,19)/t11-,13+/m1/s1. The molecule has 1 aromatic rings. The second-order valence-corrected chi connectivity index (χ2v) is 6.84.